The van der Waals surface area contributed by atoms with Crippen LogP contribution in [-0.2, 0) is 25.8 Å². The number of carbonyl (C=O) groups is 1. The van der Waals surface area contributed by atoms with Gasteiger partial charge in [-0.05, 0) is 148 Å². The molecule has 8 nitrogen and oxygen atoms in total. The molecule has 3 saturated heterocycles. The number of nitrogens with zero attached hydrogens (tertiary/aromatic N) is 6. The molecule has 4 heterocycles. The predicted octanol–water partition coefficient (Wildman–Crippen LogP) is 10.3. The van der Waals surface area contributed by atoms with Crippen molar-refractivity contribution in [2.75, 3.05) is 105 Å². The topological polar surface area (TPSA) is 50.2 Å². The summed E-state index contributed by atoms with van der Waals surface area (Å²) in [6, 6.07) is 37.4. The summed E-state index contributed by atoms with van der Waals surface area (Å²) in [5.41, 5.74) is 12.8. The Hall–Kier alpha value is -5.35. The standard InChI is InChI=1S/C42H51N5O.C15H22N2.C4H8/c1-32-33(2)47(19-6-18-44-23-21-43(3)22-24-44)41-16-12-36(31-40(32)41)29-34-10-14-38(15-11-34)42(48)46-27-25-45(26-28-46)20-17-35-9-13-37-7-4-5-8-39(37)30-35;1-3-15-12-14(5-4-13(15)2)6-9-17-10-7-16-8-11-17;1-3-4-2/h4-5,7-16,30-31H,6,17-29H2,1-3H3;3-5,12,16H,1,6-11H2,2H3;3-4H,1-2H3/b;;4-3-. The van der Waals surface area contributed by atoms with E-state index in [0.717, 1.165) is 77.2 Å². The fraction of sp³-hybridized carbons (Fsp3) is 0.426. The van der Waals surface area contributed by atoms with E-state index in [-0.39, 0.29) is 5.91 Å². The van der Waals surface area contributed by atoms with Crippen LogP contribution >= 0.6 is 0 Å². The molecule has 0 atom stereocenters. The van der Waals surface area contributed by atoms with Crippen LogP contribution in [-0.4, -0.2) is 140 Å². The molecular formula is C61H81N7O. The van der Waals surface area contributed by atoms with Crippen LogP contribution in [0.5, 0.6) is 0 Å². The van der Waals surface area contributed by atoms with Crippen LogP contribution in [0, 0.1) is 20.8 Å². The summed E-state index contributed by atoms with van der Waals surface area (Å²) < 4.78 is 2.52. The number of nitrogens with one attached hydrogen (secondary N) is 1. The molecule has 1 N–H and O–H groups in total. The van der Waals surface area contributed by atoms with Gasteiger partial charge in [0, 0.05) is 120 Å². The molecule has 9 rings (SSSR count). The molecule has 69 heavy (non-hydrogen) atoms. The summed E-state index contributed by atoms with van der Waals surface area (Å²) in [6.07, 6.45) is 10.2. The number of allylic oxidation sites excluding steroid dienone is 2. The Balaban J connectivity index is 0.000000278. The second kappa shape index (κ2) is 26.0. The van der Waals surface area contributed by atoms with E-state index in [1.54, 1.807) is 0 Å². The van der Waals surface area contributed by atoms with E-state index in [1.165, 1.54) is 125 Å². The molecule has 0 unspecified atom stereocenters. The molecule has 0 radical (unpaired) electrons. The molecule has 3 aliphatic heterocycles. The highest BCUT2D eigenvalue weighted by Crippen LogP contribution is 2.28. The lowest BCUT2D eigenvalue weighted by atomic mass is 10.0. The number of rotatable bonds is 14. The molecule has 3 fully saturated rings. The van der Waals surface area contributed by atoms with Crippen molar-refractivity contribution >= 4 is 33.7 Å². The highest BCUT2D eigenvalue weighted by molar-refractivity contribution is 5.94. The van der Waals surface area contributed by atoms with E-state index >= 15 is 0 Å². The summed E-state index contributed by atoms with van der Waals surface area (Å²) in [4.78, 5) is 25.5. The fourth-order valence-corrected chi connectivity index (χ4v) is 9.95. The Morgan fingerprint density at radius 3 is 1.88 bits per heavy atom. The number of aryl methyl sites for hydroxylation is 3. The Kier molecular flexibility index (Phi) is 19.4. The molecular weight excluding hydrogens is 847 g/mol. The van der Waals surface area contributed by atoms with Crippen molar-refractivity contribution in [3.05, 3.63) is 172 Å². The lowest BCUT2D eigenvalue weighted by Crippen LogP contribution is -2.49. The van der Waals surface area contributed by atoms with Gasteiger partial charge in [-0.2, -0.15) is 0 Å². The van der Waals surface area contributed by atoms with Crippen LogP contribution in [0.2, 0.25) is 0 Å². The minimum Gasteiger partial charge on any atom is -0.345 e. The molecule has 0 bridgehead atoms. The van der Waals surface area contributed by atoms with E-state index in [4.69, 9.17) is 0 Å². The first-order chi connectivity index (χ1) is 33.6. The summed E-state index contributed by atoms with van der Waals surface area (Å²) >= 11 is 0. The zero-order chi connectivity index (χ0) is 48.5. The van der Waals surface area contributed by atoms with E-state index in [2.05, 4.69) is 155 Å². The number of fused-ring (bicyclic) bond motifs is 2. The van der Waals surface area contributed by atoms with Gasteiger partial charge >= 0.3 is 0 Å². The van der Waals surface area contributed by atoms with Crippen molar-refractivity contribution in [3.63, 3.8) is 0 Å². The number of amides is 1. The van der Waals surface area contributed by atoms with Gasteiger partial charge in [-0.15, -0.1) is 0 Å². The molecule has 0 saturated carbocycles. The Morgan fingerprint density at radius 2 is 1.20 bits per heavy atom. The van der Waals surface area contributed by atoms with Crippen molar-refractivity contribution in [1.29, 1.82) is 0 Å². The smallest absolute Gasteiger partial charge is 0.253 e. The Labute approximate surface area is 415 Å². The summed E-state index contributed by atoms with van der Waals surface area (Å²) in [5, 5.41) is 7.35. The summed E-state index contributed by atoms with van der Waals surface area (Å²) in [6.45, 7) is 31.7. The van der Waals surface area contributed by atoms with Crippen LogP contribution in [0.15, 0.2) is 122 Å². The first kappa shape index (κ1) is 51.5. The third kappa shape index (κ3) is 14.6. The van der Waals surface area contributed by atoms with Crippen molar-refractivity contribution in [2.24, 2.45) is 0 Å². The number of hydrogen-bond acceptors (Lipinski definition) is 6. The molecule has 0 spiro atoms. The maximum atomic E-state index is 13.4. The maximum Gasteiger partial charge on any atom is 0.253 e. The minimum absolute atomic E-state index is 0.150. The van der Waals surface area contributed by atoms with Gasteiger partial charge < -0.3 is 29.5 Å². The molecule has 3 aliphatic rings. The van der Waals surface area contributed by atoms with E-state index in [1.807, 2.05) is 49.1 Å². The third-order valence-electron chi connectivity index (χ3n) is 14.8. The van der Waals surface area contributed by atoms with Gasteiger partial charge in [-0.25, -0.2) is 0 Å². The molecule has 0 aliphatic carbocycles. The normalized spacial score (nSPS) is 16.3. The van der Waals surface area contributed by atoms with E-state index in [9.17, 15) is 4.79 Å². The molecule has 8 heteroatoms. The van der Waals surface area contributed by atoms with Crippen LogP contribution < -0.4 is 5.32 Å². The maximum absolute atomic E-state index is 13.4. The highest BCUT2D eigenvalue weighted by atomic mass is 16.2. The van der Waals surface area contributed by atoms with E-state index in [0.29, 0.717) is 0 Å². The van der Waals surface area contributed by atoms with Crippen LogP contribution in [0.25, 0.3) is 27.8 Å². The number of likely N-dealkylation sites (N-methyl/N-ethyl adjacent to an activating group) is 1. The number of piperazine rings is 3. The first-order valence-electron chi connectivity index (χ1n) is 25.9. The average molecular weight is 928 g/mol. The van der Waals surface area contributed by atoms with Gasteiger partial charge in [0.15, 0.2) is 0 Å². The van der Waals surface area contributed by atoms with Gasteiger partial charge in [0.1, 0.15) is 0 Å². The third-order valence-corrected chi connectivity index (χ3v) is 14.8. The van der Waals surface area contributed by atoms with Crippen molar-refractivity contribution < 1.29 is 4.79 Å². The second-order valence-corrected chi connectivity index (χ2v) is 19.6. The van der Waals surface area contributed by atoms with Gasteiger partial charge in [0.2, 0.25) is 0 Å². The zero-order valence-corrected chi connectivity index (χ0v) is 43.0. The fourth-order valence-electron chi connectivity index (χ4n) is 9.95. The number of hydrogen-bond donors (Lipinski definition) is 1. The first-order valence-corrected chi connectivity index (χ1v) is 25.9. The number of carbonyl (C=O) groups excluding carboxylic acids is 1. The summed E-state index contributed by atoms with van der Waals surface area (Å²) in [7, 11) is 2.22. The summed E-state index contributed by atoms with van der Waals surface area (Å²) in [5.74, 6) is 0.150. The van der Waals surface area contributed by atoms with Crippen LogP contribution in [0.4, 0.5) is 0 Å². The lowest BCUT2D eigenvalue weighted by molar-refractivity contribution is 0.0638. The Bertz CT molecular complexity index is 2580. The Morgan fingerprint density at radius 1 is 0.609 bits per heavy atom. The van der Waals surface area contributed by atoms with Gasteiger partial charge in [0.05, 0.1) is 0 Å². The van der Waals surface area contributed by atoms with Crippen molar-refractivity contribution in [3.8, 4) is 0 Å². The number of benzene rings is 5. The van der Waals surface area contributed by atoms with E-state index < -0.39 is 0 Å². The van der Waals surface area contributed by atoms with Gasteiger partial charge in [-0.3, -0.25) is 9.69 Å². The molecule has 366 valence electrons. The predicted molar refractivity (Wildman–Crippen MR) is 294 cm³/mol. The van der Waals surface area contributed by atoms with Gasteiger partial charge in [-0.1, -0.05) is 104 Å². The number of aromatic nitrogens is 1. The largest absolute Gasteiger partial charge is 0.345 e. The van der Waals surface area contributed by atoms with Gasteiger partial charge in [0.25, 0.3) is 5.91 Å². The zero-order valence-electron chi connectivity index (χ0n) is 43.0. The molecule has 1 amide bonds. The monoisotopic (exact) mass is 928 g/mol. The average Bonchev–Trinajstić information content (AvgIpc) is 3.63. The molecule has 6 aromatic rings. The SMILES string of the molecule is C/C=C\C.C=Cc1cc(CCN2CCNCC2)ccc1C.Cc1c(C)n(CCCN2CCN(C)CC2)c2ccc(Cc3ccc(C(=O)N4CCN(CCc5ccc6ccccc6c5)CC4)cc3)cc12. The second-order valence-electron chi connectivity index (χ2n) is 19.6. The highest BCUT2D eigenvalue weighted by Gasteiger charge is 2.22. The van der Waals surface area contributed by atoms with Crippen LogP contribution in [0.1, 0.15) is 75.3 Å². The lowest BCUT2D eigenvalue weighted by Gasteiger charge is -2.34. The van der Waals surface area contributed by atoms with Crippen LogP contribution in [0.3, 0.4) is 0 Å². The van der Waals surface area contributed by atoms with Crippen molar-refractivity contribution in [1.82, 2.24) is 34.4 Å². The van der Waals surface area contributed by atoms with Crippen molar-refractivity contribution in [2.45, 2.75) is 66.8 Å². The molecule has 1 aromatic heterocycles. The quantitative estimate of drug-likeness (QED) is 0.110. The minimum atomic E-state index is 0.150. The molecule has 5 aromatic carbocycles.